The SMILES string of the molecule is C=CCCC1(C(=O)O)CCN(C(=O)O)CC1. The Labute approximate surface area is 94.4 Å². The van der Waals surface area contributed by atoms with Crippen molar-refractivity contribution in [2.45, 2.75) is 25.7 Å². The first kappa shape index (κ1) is 12.5. The van der Waals surface area contributed by atoms with Crippen LogP contribution in [0.2, 0.25) is 0 Å². The van der Waals surface area contributed by atoms with Crippen LogP contribution < -0.4 is 0 Å². The molecule has 1 aliphatic heterocycles. The van der Waals surface area contributed by atoms with Crippen molar-refractivity contribution < 1.29 is 19.8 Å². The van der Waals surface area contributed by atoms with Crippen LogP contribution in [-0.4, -0.2) is 40.3 Å². The van der Waals surface area contributed by atoms with E-state index in [4.69, 9.17) is 5.11 Å². The lowest BCUT2D eigenvalue weighted by molar-refractivity contribution is -0.152. The number of amides is 1. The van der Waals surface area contributed by atoms with Crippen molar-refractivity contribution in [3.05, 3.63) is 12.7 Å². The molecule has 0 aliphatic carbocycles. The first-order valence-corrected chi connectivity index (χ1v) is 5.34. The van der Waals surface area contributed by atoms with E-state index in [1.54, 1.807) is 6.08 Å². The molecule has 1 rings (SSSR count). The molecule has 0 unspecified atom stereocenters. The monoisotopic (exact) mass is 227 g/mol. The molecule has 1 fully saturated rings. The molecule has 0 atom stereocenters. The maximum atomic E-state index is 11.3. The molecule has 5 heteroatoms. The van der Waals surface area contributed by atoms with Gasteiger partial charge in [0, 0.05) is 13.1 Å². The molecule has 0 aromatic heterocycles. The predicted octanol–water partition coefficient (Wildman–Crippen LogP) is 1.80. The Kier molecular flexibility index (Phi) is 3.93. The highest BCUT2D eigenvalue weighted by molar-refractivity contribution is 5.75. The highest BCUT2D eigenvalue weighted by atomic mass is 16.4. The Bertz CT molecular complexity index is 292. The number of hydrogen-bond donors (Lipinski definition) is 2. The van der Waals surface area contributed by atoms with Crippen LogP contribution in [0.1, 0.15) is 25.7 Å². The van der Waals surface area contributed by atoms with Crippen LogP contribution in [0.4, 0.5) is 4.79 Å². The number of carboxylic acid groups (broad SMARTS) is 2. The third-order valence-corrected chi connectivity index (χ3v) is 3.27. The molecular formula is C11H17NO4. The minimum absolute atomic E-state index is 0.304. The summed E-state index contributed by atoms with van der Waals surface area (Å²) in [4.78, 5) is 23.2. The fourth-order valence-electron chi connectivity index (χ4n) is 2.08. The van der Waals surface area contributed by atoms with Gasteiger partial charge in [-0.2, -0.15) is 0 Å². The molecule has 0 radical (unpaired) electrons. The minimum atomic E-state index is -0.970. The summed E-state index contributed by atoms with van der Waals surface area (Å²) in [7, 11) is 0. The van der Waals surface area contributed by atoms with Crippen molar-refractivity contribution in [2.75, 3.05) is 13.1 Å². The lowest BCUT2D eigenvalue weighted by Crippen LogP contribution is -2.46. The minimum Gasteiger partial charge on any atom is -0.481 e. The molecular weight excluding hydrogens is 210 g/mol. The quantitative estimate of drug-likeness (QED) is 0.718. The van der Waals surface area contributed by atoms with Gasteiger partial charge in [0.25, 0.3) is 0 Å². The zero-order valence-electron chi connectivity index (χ0n) is 9.19. The van der Waals surface area contributed by atoms with Gasteiger partial charge in [-0.15, -0.1) is 6.58 Å². The lowest BCUT2D eigenvalue weighted by atomic mass is 9.75. The van der Waals surface area contributed by atoms with E-state index in [9.17, 15) is 14.7 Å². The number of carboxylic acids is 1. The summed E-state index contributed by atoms with van der Waals surface area (Å²) in [6.45, 7) is 4.19. The van der Waals surface area contributed by atoms with E-state index in [0.717, 1.165) is 0 Å². The van der Waals surface area contributed by atoms with E-state index in [1.807, 2.05) is 0 Å². The van der Waals surface area contributed by atoms with E-state index >= 15 is 0 Å². The summed E-state index contributed by atoms with van der Waals surface area (Å²) in [6.07, 6.45) is 2.71. The number of carbonyl (C=O) groups is 2. The summed E-state index contributed by atoms with van der Waals surface area (Å²) < 4.78 is 0. The summed E-state index contributed by atoms with van der Waals surface area (Å²) >= 11 is 0. The van der Waals surface area contributed by atoms with Gasteiger partial charge in [0.2, 0.25) is 0 Å². The molecule has 0 aromatic carbocycles. The third-order valence-electron chi connectivity index (χ3n) is 3.27. The van der Waals surface area contributed by atoms with Crippen molar-refractivity contribution in [1.29, 1.82) is 0 Å². The van der Waals surface area contributed by atoms with E-state index in [2.05, 4.69) is 6.58 Å². The van der Waals surface area contributed by atoms with E-state index in [1.165, 1.54) is 4.90 Å². The van der Waals surface area contributed by atoms with Gasteiger partial charge in [-0.05, 0) is 25.7 Å². The maximum absolute atomic E-state index is 11.3. The van der Waals surface area contributed by atoms with Gasteiger partial charge in [-0.3, -0.25) is 4.79 Å². The number of allylic oxidation sites excluding steroid dienone is 1. The third kappa shape index (κ3) is 2.53. The van der Waals surface area contributed by atoms with Gasteiger partial charge in [-0.25, -0.2) is 4.79 Å². The van der Waals surface area contributed by atoms with Crippen LogP contribution in [0.15, 0.2) is 12.7 Å². The Morgan fingerprint density at radius 3 is 2.25 bits per heavy atom. The largest absolute Gasteiger partial charge is 0.481 e. The first-order chi connectivity index (χ1) is 7.52. The lowest BCUT2D eigenvalue weighted by Gasteiger charge is -2.37. The van der Waals surface area contributed by atoms with Gasteiger partial charge in [-0.1, -0.05) is 6.08 Å². The number of hydrogen-bond acceptors (Lipinski definition) is 2. The molecule has 0 saturated carbocycles. The molecule has 0 spiro atoms. The van der Waals surface area contributed by atoms with E-state index < -0.39 is 17.5 Å². The predicted molar refractivity (Wildman–Crippen MR) is 58.3 cm³/mol. The normalized spacial score (nSPS) is 19.1. The topological polar surface area (TPSA) is 77.8 Å². The van der Waals surface area contributed by atoms with Crippen LogP contribution in [0.5, 0.6) is 0 Å². The number of piperidine rings is 1. The van der Waals surface area contributed by atoms with Crippen LogP contribution >= 0.6 is 0 Å². The van der Waals surface area contributed by atoms with Gasteiger partial charge < -0.3 is 15.1 Å². The standard InChI is InChI=1S/C11H17NO4/c1-2-3-4-11(9(13)14)5-7-12(8-6-11)10(15)16/h2H,1,3-8H2,(H,13,14)(H,15,16). The van der Waals surface area contributed by atoms with E-state index in [0.29, 0.717) is 38.8 Å². The Morgan fingerprint density at radius 1 is 1.31 bits per heavy atom. The number of rotatable bonds is 4. The molecule has 2 N–H and O–H groups in total. The highest BCUT2D eigenvalue weighted by Crippen LogP contribution is 2.36. The molecule has 1 amide bonds. The molecule has 1 heterocycles. The summed E-state index contributed by atoms with van der Waals surface area (Å²) in [5.41, 5.74) is -0.764. The fraction of sp³-hybridized carbons (Fsp3) is 0.636. The average molecular weight is 227 g/mol. The van der Waals surface area contributed by atoms with Crippen LogP contribution in [0.3, 0.4) is 0 Å². The smallest absolute Gasteiger partial charge is 0.407 e. The van der Waals surface area contributed by atoms with Gasteiger partial charge in [0.1, 0.15) is 0 Å². The van der Waals surface area contributed by atoms with Gasteiger partial charge in [0.05, 0.1) is 5.41 Å². The van der Waals surface area contributed by atoms with Crippen molar-refractivity contribution in [1.82, 2.24) is 4.90 Å². The fourth-order valence-corrected chi connectivity index (χ4v) is 2.08. The Hall–Kier alpha value is -1.52. The molecule has 5 nitrogen and oxygen atoms in total. The van der Waals surface area contributed by atoms with Crippen LogP contribution in [0.25, 0.3) is 0 Å². The zero-order chi connectivity index (χ0) is 12.2. The summed E-state index contributed by atoms with van der Waals surface area (Å²) in [6, 6.07) is 0. The first-order valence-electron chi connectivity index (χ1n) is 5.34. The second-order valence-electron chi connectivity index (χ2n) is 4.18. The second-order valence-corrected chi connectivity index (χ2v) is 4.18. The second kappa shape index (κ2) is 5.01. The molecule has 90 valence electrons. The Morgan fingerprint density at radius 2 is 1.88 bits per heavy atom. The van der Waals surface area contributed by atoms with E-state index in [-0.39, 0.29) is 0 Å². The molecule has 16 heavy (non-hydrogen) atoms. The van der Waals surface area contributed by atoms with Gasteiger partial charge >= 0.3 is 12.1 Å². The molecule has 1 aliphatic rings. The Balaban J connectivity index is 2.65. The number of nitrogens with zero attached hydrogens (tertiary/aromatic N) is 1. The summed E-state index contributed by atoms with van der Waals surface area (Å²) in [5.74, 6) is -0.820. The van der Waals surface area contributed by atoms with Crippen molar-refractivity contribution in [3.63, 3.8) is 0 Å². The van der Waals surface area contributed by atoms with Crippen molar-refractivity contribution in [2.24, 2.45) is 5.41 Å². The van der Waals surface area contributed by atoms with Crippen LogP contribution in [-0.2, 0) is 4.79 Å². The number of likely N-dealkylation sites (tertiary alicyclic amines) is 1. The highest BCUT2D eigenvalue weighted by Gasteiger charge is 2.41. The summed E-state index contributed by atoms with van der Waals surface area (Å²) in [5, 5.41) is 18.0. The van der Waals surface area contributed by atoms with Crippen LogP contribution in [0, 0.1) is 5.41 Å². The van der Waals surface area contributed by atoms with Gasteiger partial charge in [0.15, 0.2) is 0 Å². The molecule has 0 aromatic rings. The number of aliphatic carboxylic acids is 1. The molecule has 1 saturated heterocycles. The zero-order valence-corrected chi connectivity index (χ0v) is 9.19. The maximum Gasteiger partial charge on any atom is 0.407 e. The molecule has 0 bridgehead atoms. The van der Waals surface area contributed by atoms with Crippen molar-refractivity contribution >= 4 is 12.1 Å². The average Bonchev–Trinajstić information content (AvgIpc) is 2.26. The van der Waals surface area contributed by atoms with Crippen molar-refractivity contribution in [3.8, 4) is 0 Å².